The Balaban J connectivity index is 1.67. The summed E-state index contributed by atoms with van der Waals surface area (Å²) in [5.74, 6) is 1.66. The van der Waals surface area contributed by atoms with Gasteiger partial charge in [-0.2, -0.15) is 4.52 Å². The van der Waals surface area contributed by atoms with Crippen molar-refractivity contribution in [3.63, 3.8) is 0 Å². The first-order valence-corrected chi connectivity index (χ1v) is 7.12. The van der Waals surface area contributed by atoms with Crippen LogP contribution in [-0.2, 0) is 6.42 Å². The lowest BCUT2D eigenvalue weighted by molar-refractivity contribution is 0.315. The average Bonchev–Trinajstić information content (AvgIpc) is 2.92. The third kappa shape index (κ3) is 2.44. The molecular formula is C13H15N5OS. The van der Waals surface area contributed by atoms with Gasteiger partial charge in [-0.05, 0) is 25.5 Å². The summed E-state index contributed by atoms with van der Waals surface area (Å²) in [5, 5.41) is 12.8. The van der Waals surface area contributed by atoms with Crippen LogP contribution in [-0.4, -0.2) is 26.4 Å². The molecule has 0 unspecified atom stereocenters. The monoisotopic (exact) mass is 289 g/mol. The molecule has 20 heavy (non-hydrogen) atoms. The van der Waals surface area contributed by atoms with Crippen molar-refractivity contribution in [3.05, 3.63) is 35.2 Å². The van der Waals surface area contributed by atoms with E-state index in [1.807, 2.05) is 19.1 Å². The second-order valence-corrected chi connectivity index (χ2v) is 5.61. The van der Waals surface area contributed by atoms with Crippen LogP contribution in [0.2, 0.25) is 0 Å². The summed E-state index contributed by atoms with van der Waals surface area (Å²) >= 11 is 1.32. The molecule has 0 aliphatic rings. The molecule has 2 aromatic heterocycles. The Morgan fingerprint density at radius 2 is 2.15 bits per heavy atom. The first kappa shape index (κ1) is 12.9. The molecule has 0 saturated carbocycles. The van der Waals surface area contributed by atoms with Crippen molar-refractivity contribution in [1.29, 1.82) is 0 Å². The van der Waals surface area contributed by atoms with Crippen molar-refractivity contribution < 1.29 is 4.74 Å². The highest BCUT2D eigenvalue weighted by Gasteiger charge is 2.10. The minimum Gasteiger partial charge on any atom is -0.493 e. The summed E-state index contributed by atoms with van der Waals surface area (Å²) in [5.41, 5.74) is 8.01. The quantitative estimate of drug-likeness (QED) is 0.795. The number of nitrogens with two attached hydrogens (primary N) is 1. The van der Waals surface area contributed by atoms with Gasteiger partial charge in [0.15, 0.2) is 5.82 Å². The number of aromatic nitrogens is 4. The molecule has 1 aromatic carbocycles. The molecule has 0 atom stereocenters. The zero-order valence-electron chi connectivity index (χ0n) is 11.3. The van der Waals surface area contributed by atoms with Crippen molar-refractivity contribution in [2.75, 3.05) is 12.3 Å². The summed E-state index contributed by atoms with van der Waals surface area (Å²) in [4.78, 5) is 0.712. The lowest BCUT2D eigenvalue weighted by Crippen LogP contribution is -2.06. The maximum Gasteiger partial charge on any atom is 0.236 e. The second kappa shape index (κ2) is 5.09. The van der Waals surface area contributed by atoms with Crippen molar-refractivity contribution in [3.8, 4) is 5.75 Å². The molecule has 104 valence electrons. The Hall–Kier alpha value is -2.15. The molecule has 0 bridgehead atoms. The fraction of sp³-hybridized carbons (Fsp3) is 0.308. The molecule has 6 nitrogen and oxygen atoms in total. The molecule has 0 aliphatic carbocycles. The first-order chi connectivity index (χ1) is 9.63. The molecule has 3 rings (SSSR count). The minimum atomic E-state index is 0.492. The number of fused-ring (bicyclic) bond motifs is 1. The molecular weight excluding hydrogens is 274 g/mol. The number of rotatable bonds is 4. The van der Waals surface area contributed by atoms with E-state index in [9.17, 15) is 0 Å². The van der Waals surface area contributed by atoms with E-state index < -0.39 is 0 Å². The SMILES string of the molecule is Cc1ccc(OCCc2nnc3sc(N)nn23)c(C)c1. The minimum absolute atomic E-state index is 0.492. The standard InChI is InChI=1S/C13H15N5OS/c1-8-3-4-10(9(2)7-8)19-6-5-11-15-16-13-18(11)17-12(14)20-13/h3-4,7H,5-6H2,1-2H3,(H2,14,17). The molecule has 0 aliphatic heterocycles. The van der Waals surface area contributed by atoms with Gasteiger partial charge >= 0.3 is 0 Å². The molecule has 0 fully saturated rings. The zero-order chi connectivity index (χ0) is 14.1. The Morgan fingerprint density at radius 1 is 1.30 bits per heavy atom. The van der Waals surface area contributed by atoms with E-state index in [2.05, 4.69) is 28.3 Å². The van der Waals surface area contributed by atoms with Crippen molar-refractivity contribution >= 4 is 21.4 Å². The summed E-state index contributed by atoms with van der Waals surface area (Å²) < 4.78 is 7.46. The first-order valence-electron chi connectivity index (χ1n) is 6.30. The van der Waals surface area contributed by atoms with Crippen LogP contribution < -0.4 is 10.5 Å². The summed E-state index contributed by atoms with van der Waals surface area (Å²) in [7, 11) is 0. The van der Waals surface area contributed by atoms with E-state index in [-0.39, 0.29) is 0 Å². The number of benzene rings is 1. The fourth-order valence-corrected chi connectivity index (χ4v) is 2.67. The predicted molar refractivity (Wildman–Crippen MR) is 78.2 cm³/mol. The van der Waals surface area contributed by atoms with E-state index in [1.54, 1.807) is 4.52 Å². The fourth-order valence-electron chi connectivity index (χ4n) is 2.04. The van der Waals surface area contributed by atoms with E-state index in [0.29, 0.717) is 23.1 Å². The number of nitrogens with zero attached hydrogens (tertiary/aromatic N) is 4. The van der Waals surface area contributed by atoms with E-state index in [4.69, 9.17) is 10.5 Å². The number of ether oxygens (including phenoxy) is 1. The molecule has 0 radical (unpaired) electrons. The van der Waals surface area contributed by atoms with Crippen molar-refractivity contribution in [1.82, 2.24) is 19.8 Å². The molecule has 0 saturated heterocycles. The number of hydrogen-bond acceptors (Lipinski definition) is 6. The van der Waals surface area contributed by atoms with Gasteiger partial charge in [0.2, 0.25) is 10.1 Å². The van der Waals surface area contributed by atoms with Gasteiger partial charge in [-0.1, -0.05) is 29.0 Å². The predicted octanol–water partition coefficient (Wildman–Crippen LogP) is 2.01. The Morgan fingerprint density at radius 3 is 2.95 bits per heavy atom. The molecule has 0 spiro atoms. The van der Waals surface area contributed by atoms with Gasteiger partial charge in [-0.25, -0.2) is 0 Å². The van der Waals surface area contributed by atoms with Crippen LogP contribution in [0.5, 0.6) is 5.75 Å². The lowest BCUT2D eigenvalue weighted by Gasteiger charge is -2.08. The van der Waals surface area contributed by atoms with Gasteiger partial charge in [-0.15, -0.1) is 15.3 Å². The highest BCUT2D eigenvalue weighted by molar-refractivity contribution is 7.20. The van der Waals surface area contributed by atoms with Crippen molar-refractivity contribution in [2.45, 2.75) is 20.3 Å². The number of nitrogen functional groups attached to an aromatic ring is 1. The Bertz CT molecular complexity index is 748. The smallest absolute Gasteiger partial charge is 0.236 e. The van der Waals surface area contributed by atoms with Crippen LogP contribution in [0.15, 0.2) is 18.2 Å². The van der Waals surface area contributed by atoms with Gasteiger partial charge in [0.25, 0.3) is 0 Å². The molecule has 2 heterocycles. The molecule has 2 N–H and O–H groups in total. The van der Waals surface area contributed by atoms with Crippen LogP contribution in [0.4, 0.5) is 5.13 Å². The Kier molecular flexibility index (Phi) is 3.27. The maximum atomic E-state index is 5.78. The normalized spacial score (nSPS) is 11.1. The zero-order valence-corrected chi connectivity index (χ0v) is 12.1. The highest BCUT2D eigenvalue weighted by atomic mass is 32.1. The third-order valence-corrected chi connectivity index (χ3v) is 3.71. The molecule has 7 heteroatoms. The average molecular weight is 289 g/mol. The van der Waals surface area contributed by atoms with E-state index in [0.717, 1.165) is 17.1 Å². The topological polar surface area (TPSA) is 78.3 Å². The number of aryl methyl sites for hydroxylation is 2. The highest BCUT2D eigenvalue weighted by Crippen LogP contribution is 2.19. The van der Waals surface area contributed by atoms with Crippen molar-refractivity contribution in [2.24, 2.45) is 0 Å². The maximum absolute atomic E-state index is 5.78. The van der Waals surface area contributed by atoms with Gasteiger partial charge < -0.3 is 10.5 Å². The van der Waals surface area contributed by atoms with Crippen LogP contribution in [0.3, 0.4) is 0 Å². The largest absolute Gasteiger partial charge is 0.493 e. The van der Waals surface area contributed by atoms with Crippen LogP contribution in [0.1, 0.15) is 17.0 Å². The van der Waals surface area contributed by atoms with Crippen LogP contribution in [0.25, 0.3) is 4.96 Å². The molecule has 3 aromatic rings. The molecule has 0 amide bonds. The summed E-state index contributed by atoms with van der Waals surface area (Å²) in [6.45, 7) is 4.64. The summed E-state index contributed by atoms with van der Waals surface area (Å²) in [6, 6.07) is 6.13. The van der Waals surface area contributed by atoms with E-state index >= 15 is 0 Å². The number of anilines is 1. The van der Waals surface area contributed by atoms with Crippen LogP contribution in [0, 0.1) is 13.8 Å². The lowest BCUT2D eigenvalue weighted by atomic mass is 10.1. The summed E-state index contributed by atoms with van der Waals surface area (Å²) in [6.07, 6.45) is 0.637. The van der Waals surface area contributed by atoms with Gasteiger partial charge in [0.05, 0.1) is 6.61 Å². The third-order valence-electron chi connectivity index (χ3n) is 2.98. The second-order valence-electron chi connectivity index (χ2n) is 4.62. The van der Waals surface area contributed by atoms with E-state index in [1.165, 1.54) is 16.9 Å². The number of hydrogen-bond donors (Lipinski definition) is 1. The van der Waals surface area contributed by atoms with Crippen LogP contribution >= 0.6 is 11.3 Å². The van der Waals surface area contributed by atoms with Gasteiger partial charge in [0, 0.05) is 6.42 Å². The van der Waals surface area contributed by atoms with Gasteiger partial charge in [0.1, 0.15) is 5.75 Å². The Labute approximate surface area is 120 Å². The van der Waals surface area contributed by atoms with Gasteiger partial charge in [-0.3, -0.25) is 0 Å².